The second-order valence-electron chi connectivity index (χ2n) is 5.75. The first-order valence-electron chi connectivity index (χ1n) is 7.69. The smallest absolute Gasteiger partial charge is 0.115 e. The van der Waals surface area contributed by atoms with Crippen LogP contribution < -0.4 is 0 Å². The molecule has 1 aliphatic rings. The van der Waals surface area contributed by atoms with Crippen molar-refractivity contribution >= 4 is 11.6 Å². The Labute approximate surface area is 140 Å². The molecule has 2 atom stereocenters. The van der Waals surface area contributed by atoms with Gasteiger partial charge in [-0.15, -0.1) is 0 Å². The van der Waals surface area contributed by atoms with Crippen LogP contribution in [-0.2, 0) is 4.74 Å². The van der Waals surface area contributed by atoms with Crippen molar-refractivity contribution in [2.75, 3.05) is 26.2 Å². The summed E-state index contributed by atoms with van der Waals surface area (Å²) in [5.41, 5.74) is 1.69. The van der Waals surface area contributed by atoms with Gasteiger partial charge in [-0.2, -0.15) is 0 Å². The molecule has 4 nitrogen and oxygen atoms in total. The number of hydrogen-bond donors (Lipinski definition) is 2. The molecule has 0 amide bonds. The van der Waals surface area contributed by atoms with Gasteiger partial charge in [-0.05, 0) is 23.8 Å². The van der Waals surface area contributed by atoms with Crippen molar-refractivity contribution in [3.05, 3.63) is 64.7 Å². The third-order valence-electron chi connectivity index (χ3n) is 4.09. The number of nitrogens with zero attached hydrogens (tertiary/aromatic N) is 1. The minimum Gasteiger partial charge on any atom is -0.508 e. The van der Waals surface area contributed by atoms with Crippen LogP contribution in [0.1, 0.15) is 23.3 Å². The zero-order valence-electron chi connectivity index (χ0n) is 12.7. The highest BCUT2D eigenvalue weighted by Crippen LogP contribution is 2.27. The monoisotopic (exact) mass is 333 g/mol. The quantitative estimate of drug-likeness (QED) is 0.902. The first-order chi connectivity index (χ1) is 11.1. The van der Waals surface area contributed by atoms with Crippen molar-refractivity contribution in [2.24, 2.45) is 0 Å². The first-order valence-corrected chi connectivity index (χ1v) is 8.06. The number of β-amino-alcohol motifs (C(OH)–C–C–N with tert-alkyl or cyclic N) is 1. The molecule has 1 fully saturated rings. The SMILES string of the molecule is Oc1cccc(C2CN(CC(O)c3ccccc3Cl)CCO2)c1. The van der Waals surface area contributed by atoms with E-state index in [1.807, 2.05) is 30.3 Å². The summed E-state index contributed by atoms with van der Waals surface area (Å²) in [6.45, 7) is 2.53. The van der Waals surface area contributed by atoms with Crippen LogP contribution in [0.25, 0.3) is 0 Å². The molecule has 23 heavy (non-hydrogen) atoms. The highest BCUT2D eigenvalue weighted by atomic mass is 35.5. The molecule has 2 N–H and O–H groups in total. The average molecular weight is 334 g/mol. The van der Waals surface area contributed by atoms with Gasteiger partial charge in [0.1, 0.15) is 5.75 Å². The van der Waals surface area contributed by atoms with Crippen molar-refractivity contribution in [3.8, 4) is 5.75 Å². The molecule has 2 aromatic rings. The van der Waals surface area contributed by atoms with Gasteiger partial charge in [-0.1, -0.05) is 41.9 Å². The molecule has 2 unspecified atom stereocenters. The summed E-state index contributed by atoms with van der Waals surface area (Å²) >= 11 is 6.15. The molecule has 5 heteroatoms. The Morgan fingerprint density at radius 1 is 1.22 bits per heavy atom. The number of rotatable bonds is 4. The molecule has 0 saturated carbocycles. The number of phenols is 1. The van der Waals surface area contributed by atoms with Gasteiger partial charge in [0.2, 0.25) is 0 Å². The number of morpholine rings is 1. The van der Waals surface area contributed by atoms with E-state index in [1.165, 1.54) is 0 Å². The number of hydrogen-bond acceptors (Lipinski definition) is 4. The van der Waals surface area contributed by atoms with Gasteiger partial charge in [0, 0.05) is 30.2 Å². The van der Waals surface area contributed by atoms with Crippen molar-refractivity contribution in [1.29, 1.82) is 0 Å². The maximum absolute atomic E-state index is 10.4. The molecule has 0 bridgehead atoms. The van der Waals surface area contributed by atoms with Gasteiger partial charge in [0.05, 0.1) is 18.8 Å². The number of aliphatic hydroxyl groups is 1. The summed E-state index contributed by atoms with van der Waals surface area (Å²) in [6, 6.07) is 14.5. The summed E-state index contributed by atoms with van der Waals surface area (Å²) in [4.78, 5) is 2.16. The van der Waals surface area contributed by atoms with Gasteiger partial charge in [0.15, 0.2) is 0 Å². The van der Waals surface area contributed by atoms with Gasteiger partial charge >= 0.3 is 0 Å². The molecule has 0 radical (unpaired) electrons. The molecule has 0 spiro atoms. The van der Waals surface area contributed by atoms with E-state index < -0.39 is 6.10 Å². The number of benzene rings is 2. The molecule has 1 aliphatic heterocycles. The van der Waals surface area contributed by atoms with Crippen LogP contribution in [0.3, 0.4) is 0 Å². The van der Waals surface area contributed by atoms with Crippen LogP contribution in [0.4, 0.5) is 0 Å². The molecular formula is C18H20ClNO3. The van der Waals surface area contributed by atoms with E-state index in [4.69, 9.17) is 16.3 Å². The number of ether oxygens (including phenoxy) is 1. The van der Waals surface area contributed by atoms with E-state index >= 15 is 0 Å². The highest BCUT2D eigenvalue weighted by molar-refractivity contribution is 6.31. The second kappa shape index (κ2) is 7.32. The van der Waals surface area contributed by atoms with Crippen LogP contribution in [0.15, 0.2) is 48.5 Å². The van der Waals surface area contributed by atoms with E-state index in [0.717, 1.165) is 17.7 Å². The topological polar surface area (TPSA) is 52.9 Å². The van der Waals surface area contributed by atoms with Crippen LogP contribution >= 0.6 is 11.6 Å². The van der Waals surface area contributed by atoms with E-state index in [1.54, 1.807) is 18.2 Å². The number of phenolic OH excluding ortho intramolecular Hbond substituents is 1. The maximum Gasteiger partial charge on any atom is 0.115 e. The maximum atomic E-state index is 10.4. The molecule has 122 valence electrons. The van der Waals surface area contributed by atoms with E-state index in [0.29, 0.717) is 24.7 Å². The Morgan fingerprint density at radius 3 is 2.83 bits per heavy atom. The summed E-state index contributed by atoms with van der Waals surface area (Å²) in [5, 5.41) is 20.6. The predicted molar refractivity (Wildman–Crippen MR) is 89.7 cm³/mol. The molecule has 0 aromatic heterocycles. The Hall–Kier alpha value is -1.59. The lowest BCUT2D eigenvalue weighted by Crippen LogP contribution is -2.40. The number of aliphatic hydroxyl groups excluding tert-OH is 1. The Kier molecular flexibility index (Phi) is 5.18. The lowest BCUT2D eigenvalue weighted by molar-refractivity contribution is -0.0424. The minimum absolute atomic E-state index is 0.103. The van der Waals surface area contributed by atoms with Crippen LogP contribution in [0.2, 0.25) is 5.02 Å². The largest absolute Gasteiger partial charge is 0.508 e. The van der Waals surface area contributed by atoms with Crippen molar-refractivity contribution in [3.63, 3.8) is 0 Å². The van der Waals surface area contributed by atoms with Gasteiger partial charge in [0.25, 0.3) is 0 Å². The van der Waals surface area contributed by atoms with Crippen molar-refractivity contribution in [2.45, 2.75) is 12.2 Å². The van der Waals surface area contributed by atoms with Crippen LogP contribution in [0, 0.1) is 0 Å². The highest BCUT2D eigenvalue weighted by Gasteiger charge is 2.24. The normalized spacial score (nSPS) is 20.3. The molecule has 0 aliphatic carbocycles. The standard InChI is InChI=1S/C18H20ClNO3/c19-16-7-2-1-6-15(16)17(22)11-20-8-9-23-18(12-20)13-4-3-5-14(21)10-13/h1-7,10,17-18,21-22H,8-9,11-12H2. The van der Waals surface area contributed by atoms with Crippen molar-refractivity contribution in [1.82, 2.24) is 4.90 Å². The predicted octanol–water partition coefficient (Wildman–Crippen LogP) is 3.15. The van der Waals surface area contributed by atoms with E-state index in [9.17, 15) is 10.2 Å². The third kappa shape index (κ3) is 4.03. The van der Waals surface area contributed by atoms with E-state index in [-0.39, 0.29) is 11.9 Å². The Morgan fingerprint density at radius 2 is 2.04 bits per heavy atom. The third-order valence-corrected chi connectivity index (χ3v) is 4.43. The van der Waals surface area contributed by atoms with Crippen LogP contribution in [0.5, 0.6) is 5.75 Å². The fourth-order valence-electron chi connectivity index (χ4n) is 2.88. The fourth-order valence-corrected chi connectivity index (χ4v) is 3.15. The van der Waals surface area contributed by atoms with Gasteiger partial charge < -0.3 is 14.9 Å². The number of aromatic hydroxyl groups is 1. The zero-order chi connectivity index (χ0) is 16.2. The van der Waals surface area contributed by atoms with Gasteiger partial charge in [-0.3, -0.25) is 4.90 Å². The fraction of sp³-hybridized carbons (Fsp3) is 0.333. The van der Waals surface area contributed by atoms with Crippen molar-refractivity contribution < 1.29 is 14.9 Å². The molecule has 3 rings (SSSR count). The molecule has 1 heterocycles. The van der Waals surface area contributed by atoms with Crippen LogP contribution in [-0.4, -0.2) is 41.4 Å². The lowest BCUT2D eigenvalue weighted by Gasteiger charge is -2.34. The summed E-state index contributed by atoms with van der Waals surface area (Å²) in [6.07, 6.45) is -0.735. The lowest BCUT2D eigenvalue weighted by atomic mass is 10.1. The second-order valence-corrected chi connectivity index (χ2v) is 6.16. The Balaban J connectivity index is 1.66. The molecular weight excluding hydrogens is 314 g/mol. The minimum atomic E-state index is -0.633. The summed E-state index contributed by atoms with van der Waals surface area (Å²) in [7, 11) is 0. The first kappa shape index (κ1) is 16.3. The zero-order valence-corrected chi connectivity index (χ0v) is 13.5. The summed E-state index contributed by atoms with van der Waals surface area (Å²) in [5.74, 6) is 0.235. The summed E-state index contributed by atoms with van der Waals surface area (Å²) < 4.78 is 5.80. The number of halogens is 1. The molecule has 1 saturated heterocycles. The Bertz CT molecular complexity index is 664. The average Bonchev–Trinajstić information content (AvgIpc) is 2.55. The van der Waals surface area contributed by atoms with E-state index in [2.05, 4.69) is 4.90 Å². The molecule has 2 aromatic carbocycles. The van der Waals surface area contributed by atoms with Gasteiger partial charge in [-0.25, -0.2) is 0 Å².